The first-order chi connectivity index (χ1) is 7.00. The zero-order chi connectivity index (χ0) is 11.4. The quantitative estimate of drug-likeness (QED) is 0.877. The van der Waals surface area contributed by atoms with Gasteiger partial charge in [-0.3, -0.25) is 4.79 Å². The molecule has 1 aromatic rings. The molecule has 0 spiro atoms. The Morgan fingerprint density at radius 2 is 2.33 bits per heavy atom. The zero-order valence-corrected chi connectivity index (χ0v) is 10.8. The van der Waals surface area contributed by atoms with E-state index in [9.17, 15) is 9.90 Å². The summed E-state index contributed by atoms with van der Waals surface area (Å²) < 4.78 is 1.02. The van der Waals surface area contributed by atoms with Gasteiger partial charge in [-0.25, -0.2) is 0 Å². The molecular weight excluding hydrogens is 280 g/mol. The Hall–Kier alpha value is -0.390. The average molecular weight is 293 g/mol. The maximum Gasteiger partial charge on any atom is 0.303 e. The van der Waals surface area contributed by atoms with Crippen LogP contribution < -0.4 is 0 Å². The molecule has 1 unspecified atom stereocenters. The van der Waals surface area contributed by atoms with E-state index in [1.165, 1.54) is 11.3 Å². The van der Waals surface area contributed by atoms with Crippen molar-refractivity contribution in [3.8, 4) is 0 Å². The number of carboxylic acids is 1. The standard InChI is InChI=1S/C10H13BrO3S/c1-6-5-8(15-10(6)11)7(12)3-2-4-9(13)14/h5,7,12H,2-4H2,1H3,(H,13,14). The lowest BCUT2D eigenvalue weighted by atomic mass is 10.1. The molecule has 0 saturated carbocycles. The van der Waals surface area contributed by atoms with Gasteiger partial charge in [0.05, 0.1) is 9.89 Å². The van der Waals surface area contributed by atoms with Gasteiger partial charge in [-0.05, 0) is 47.3 Å². The van der Waals surface area contributed by atoms with Crippen molar-refractivity contribution in [1.82, 2.24) is 0 Å². The second-order valence-electron chi connectivity index (χ2n) is 3.41. The van der Waals surface area contributed by atoms with E-state index in [0.717, 1.165) is 14.2 Å². The molecule has 1 heterocycles. The second-order valence-corrected chi connectivity index (χ2v) is 5.81. The Kier molecular flexibility index (Phi) is 4.76. The predicted octanol–water partition coefficient (Wildman–Crippen LogP) is 3.11. The van der Waals surface area contributed by atoms with Crippen molar-refractivity contribution < 1.29 is 15.0 Å². The molecule has 0 saturated heterocycles. The molecule has 15 heavy (non-hydrogen) atoms. The highest BCUT2D eigenvalue weighted by Crippen LogP contribution is 2.33. The topological polar surface area (TPSA) is 57.5 Å². The molecule has 5 heteroatoms. The first kappa shape index (κ1) is 12.7. The van der Waals surface area contributed by atoms with Crippen LogP contribution >= 0.6 is 27.3 Å². The summed E-state index contributed by atoms with van der Waals surface area (Å²) in [5, 5.41) is 18.2. The molecule has 0 aliphatic heterocycles. The summed E-state index contributed by atoms with van der Waals surface area (Å²) in [6, 6.07) is 1.93. The maximum absolute atomic E-state index is 10.3. The normalized spacial score (nSPS) is 12.7. The maximum atomic E-state index is 10.3. The minimum atomic E-state index is -0.814. The van der Waals surface area contributed by atoms with Crippen LogP contribution in [-0.2, 0) is 4.79 Å². The Labute approximate surface area is 101 Å². The van der Waals surface area contributed by atoms with Gasteiger partial charge in [0, 0.05) is 11.3 Å². The van der Waals surface area contributed by atoms with Crippen LogP contribution in [0.25, 0.3) is 0 Å². The average Bonchev–Trinajstić information content (AvgIpc) is 2.46. The minimum absolute atomic E-state index is 0.114. The fraction of sp³-hybridized carbons (Fsp3) is 0.500. The van der Waals surface area contributed by atoms with Crippen LogP contribution in [0, 0.1) is 6.92 Å². The smallest absolute Gasteiger partial charge is 0.303 e. The molecule has 1 aromatic heterocycles. The van der Waals surface area contributed by atoms with Crippen molar-refractivity contribution in [2.75, 3.05) is 0 Å². The highest BCUT2D eigenvalue weighted by molar-refractivity contribution is 9.11. The number of aliphatic hydroxyl groups excluding tert-OH is 1. The van der Waals surface area contributed by atoms with Crippen molar-refractivity contribution >= 4 is 33.2 Å². The van der Waals surface area contributed by atoms with Crippen LogP contribution in [0.3, 0.4) is 0 Å². The Balaban J connectivity index is 2.46. The number of aryl methyl sites for hydroxylation is 1. The van der Waals surface area contributed by atoms with Gasteiger partial charge in [0.25, 0.3) is 0 Å². The Morgan fingerprint density at radius 1 is 1.67 bits per heavy atom. The lowest BCUT2D eigenvalue weighted by Gasteiger charge is -2.06. The van der Waals surface area contributed by atoms with Gasteiger partial charge < -0.3 is 10.2 Å². The lowest BCUT2D eigenvalue weighted by Crippen LogP contribution is -1.98. The fourth-order valence-electron chi connectivity index (χ4n) is 1.24. The molecule has 2 N–H and O–H groups in total. The fourth-order valence-corrected chi connectivity index (χ4v) is 2.83. The third-order valence-electron chi connectivity index (χ3n) is 2.07. The van der Waals surface area contributed by atoms with E-state index in [4.69, 9.17) is 5.11 Å². The third-order valence-corrected chi connectivity index (χ3v) is 4.31. The summed E-state index contributed by atoms with van der Waals surface area (Å²) in [7, 11) is 0. The summed E-state index contributed by atoms with van der Waals surface area (Å²) in [6.07, 6.45) is 0.575. The van der Waals surface area contributed by atoms with E-state index in [-0.39, 0.29) is 6.42 Å². The van der Waals surface area contributed by atoms with Gasteiger partial charge in [-0.1, -0.05) is 0 Å². The first-order valence-electron chi connectivity index (χ1n) is 4.66. The summed E-state index contributed by atoms with van der Waals surface area (Å²) in [5.41, 5.74) is 1.10. The number of carbonyl (C=O) groups is 1. The van der Waals surface area contributed by atoms with Crippen LogP contribution in [-0.4, -0.2) is 16.2 Å². The number of hydrogen-bond acceptors (Lipinski definition) is 3. The van der Waals surface area contributed by atoms with Crippen molar-refractivity contribution in [3.63, 3.8) is 0 Å². The molecule has 1 atom stereocenters. The molecule has 0 aliphatic rings. The molecule has 0 radical (unpaired) electrons. The van der Waals surface area contributed by atoms with Gasteiger partial charge in [0.1, 0.15) is 0 Å². The van der Waals surface area contributed by atoms with Gasteiger partial charge in [0.2, 0.25) is 0 Å². The second kappa shape index (κ2) is 5.63. The number of thiophene rings is 1. The number of aliphatic carboxylic acids is 1. The highest BCUT2D eigenvalue weighted by Gasteiger charge is 2.12. The molecule has 84 valence electrons. The van der Waals surface area contributed by atoms with E-state index in [2.05, 4.69) is 15.9 Å². The van der Waals surface area contributed by atoms with Crippen LogP contribution in [0.1, 0.15) is 35.8 Å². The molecule has 3 nitrogen and oxygen atoms in total. The monoisotopic (exact) mass is 292 g/mol. The van der Waals surface area contributed by atoms with E-state index in [0.29, 0.717) is 12.8 Å². The number of aliphatic hydroxyl groups is 1. The SMILES string of the molecule is Cc1cc(C(O)CCCC(=O)O)sc1Br. The zero-order valence-electron chi connectivity index (χ0n) is 8.36. The molecule has 0 amide bonds. The van der Waals surface area contributed by atoms with Crippen LogP contribution in [0.2, 0.25) is 0 Å². The van der Waals surface area contributed by atoms with E-state index >= 15 is 0 Å². The first-order valence-corrected chi connectivity index (χ1v) is 6.27. The summed E-state index contributed by atoms with van der Waals surface area (Å²) >= 11 is 4.89. The number of rotatable bonds is 5. The highest BCUT2D eigenvalue weighted by atomic mass is 79.9. The van der Waals surface area contributed by atoms with Gasteiger partial charge in [-0.15, -0.1) is 11.3 Å². The molecule has 0 aliphatic carbocycles. The molecule has 0 aromatic carbocycles. The number of hydrogen-bond donors (Lipinski definition) is 2. The van der Waals surface area contributed by atoms with Gasteiger partial charge in [-0.2, -0.15) is 0 Å². The number of carboxylic acid groups (broad SMARTS) is 1. The van der Waals surface area contributed by atoms with Crippen LogP contribution in [0.4, 0.5) is 0 Å². The van der Waals surface area contributed by atoms with Crippen molar-refractivity contribution in [2.45, 2.75) is 32.3 Å². The summed E-state index contributed by atoms with van der Waals surface area (Å²) in [5.74, 6) is -0.814. The van der Waals surface area contributed by atoms with E-state index < -0.39 is 12.1 Å². The van der Waals surface area contributed by atoms with Crippen molar-refractivity contribution in [2.24, 2.45) is 0 Å². The molecule has 0 fully saturated rings. The summed E-state index contributed by atoms with van der Waals surface area (Å²) in [4.78, 5) is 11.2. The number of halogens is 1. The Morgan fingerprint density at radius 3 is 2.80 bits per heavy atom. The largest absolute Gasteiger partial charge is 0.481 e. The molecular formula is C10H13BrO3S. The molecule has 1 rings (SSSR count). The minimum Gasteiger partial charge on any atom is -0.481 e. The van der Waals surface area contributed by atoms with Crippen molar-refractivity contribution in [3.05, 3.63) is 20.3 Å². The Bertz CT molecular complexity index is 329. The summed E-state index contributed by atoms with van der Waals surface area (Å²) in [6.45, 7) is 1.97. The van der Waals surface area contributed by atoms with Gasteiger partial charge >= 0.3 is 5.97 Å². The third kappa shape index (κ3) is 3.93. The van der Waals surface area contributed by atoms with Crippen LogP contribution in [0.15, 0.2) is 9.85 Å². The van der Waals surface area contributed by atoms with E-state index in [1.54, 1.807) is 0 Å². The van der Waals surface area contributed by atoms with Gasteiger partial charge in [0.15, 0.2) is 0 Å². The van der Waals surface area contributed by atoms with Crippen molar-refractivity contribution in [1.29, 1.82) is 0 Å². The molecule has 0 bridgehead atoms. The predicted molar refractivity (Wildman–Crippen MR) is 63.2 cm³/mol. The lowest BCUT2D eigenvalue weighted by molar-refractivity contribution is -0.137. The van der Waals surface area contributed by atoms with E-state index in [1.807, 2.05) is 13.0 Å². The van der Waals surface area contributed by atoms with Crippen LogP contribution in [0.5, 0.6) is 0 Å².